The number of benzene rings is 2. The van der Waals surface area contributed by atoms with Crippen LogP contribution in [0.2, 0.25) is 0 Å². The Bertz CT molecular complexity index is 1040. The summed E-state index contributed by atoms with van der Waals surface area (Å²) in [5, 5.41) is 5.37. The standard InChI is InChI=1S/C24H27F3N2O4/c1-5-6-7-11-32-23(30)21(28-31-4)20-14-19-12-15(2)22(20)33-29(19)16(3)17-9-8-10-18(13-17)24(25,26)27/h8-10,12-14,16H,5-7,11H2,1-4H3. The van der Waals surface area contributed by atoms with Gasteiger partial charge in [-0.1, -0.05) is 37.1 Å². The summed E-state index contributed by atoms with van der Waals surface area (Å²) in [7, 11) is 1.33. The third-order valence-corrected chi connectivity index (χ3v) is 5.36. The maximum atomic E-state index is 13.2. The van der Waals surface area contributed by atoms with Gasteiger partial charge >= 0.3 is 12.1 Å². The van der Waals surface area contributed by atoms with Gasteiger partial charge in [-0.3, -0.25) is 0 Å². The first-order valence-corrected chi connectivity index (χ1v) is 10.7. The molecule has 178 valence electrons. The Labute approximate surface area is 190 Å². The fourth-order valence-corrected chi connectivity index (χ4v) is 3.62. The zero-order valence-corrected chi connectivity index (χ0v) is 19.0. The van der Waals surface area contributed by atoms with Crippen LogP contribution in [0, 0.1) is 6.92 Å². The molecule has 0 aliphatic carbocycles. The quantitative estimate of drug-likeness (QED) is 0.198. The number of alkyl halides is 3. The van der Waals surface area contributed by atoms with E-state index in [1.165, 1.54) is 18.2 Å². The molecule has 0 N–H and O–H groups in total. The number of esters is 1. The molecule has 9 heteroatoms. The Hall–Kier alpha value is -3.23. The van der Waals surface area contributed by atoms with Crippen molar-refractivity contribution < 1.29 is 32.4 Å². The number of fused-ring (bicyclic) bond motifs is 3. The number of carbonyl (C=O) groups is 1. The van der Waals surface area contributed by atoms with Crippen molar-refractivity contribution in [1.29, 1.82) is 0 Å². The van der Waals surface area contributed by atoms with Gasteiger partial charge in [0.05, 0.1) is 29.5 Å². The second-order valence-electron chi connectivity index (χ2n) is 7.82. The van der Waals surface area contributed by atoms with Crippen LogP contribution in [0.1, 0.15) is 61.4 Å². The average molecular weight is 464 g/mol. The van der Waals surface area contributed by atoms with Crippen molar-refractivity contribution in [3.63, 3.8) is 0 Å². The summed E-state index contributed by atoms with van der Waals surface area (Å²) in [6.45, 7) is 5.87. The van der Waals surface area contributed by atoms with E-state index in [1.807, 2.05) is 13.0 Å². The lowest BCUT2D eigenvalue weighted by Crippen LogP contribution is -2.36. The summed E-state index contributed by atoms with van der Waals surface area (Å²) >= 11 is 0. The highest BCUT2D eigenvalue weighted by atomic mass is 19.4. The molecular formula is C24H27F3N2O4. The topological polar surface area (TPSA) is 60.4 Å². The number of rotatable bonds is 9. The molecule has 0 spiro atoms. The second kappa shape index (κ2) is 10.1. The van der Waals surface area contributed by atoms with Gasteiger partial charge in [0.1, 0.15) is 7.11 Å². The highest BCUT2D eigenvalue weighted by Gasteiger charge is 2.34. The van der Waals surface area contributed by atoms with E-state index in [1.54, 1.807) is 19.1 Å². The first kappa shape index (κ1) is 24.4. The molecule has 4 rings (SSSR count). The van der Waals surface area contributed by atoms with Crippen molar-refractivity contribution in [2.75, 3.05) is 18.8 Å². The number of hydrogen-bond acceptors (Lipinski definition) is 6. The SMILES string of the molecule is CCCCCOC(=O)C(=NOC)c1cc2cc(C)c1ON2C(C)c1cccc(C(F)(F)F)c1. The molecule has 2 heterocycles. The molecule has 0 saturated carbocycles. The number of unbranched alkanes of at least 4 members (excludes halogenated alkanes) is 2. The average Bonchev–Trinajstić information content (AvgIpc) is 2.79. The van der Waals surface area contributed by atoms with Gasteiger partial charge in [0, 0.05) is 0 Å². The minimum absolute atomic E-state index is 0.0275. The van der Waals surface area contributed by atoms with Crippen LogP contribution >= 0.6 is 0 Å². The Morgan fingerprint density at radius 2 is 1.97 bits per heavy atom. The van der Waals surface area contributed by atoms with Gasteiger partial charge in [-0.15, -0.1) is 0 Å². The van der Waals surface area contributed by atoms with E-state index in [4.69, 9.17) is 14.4 Å². The summed E-state index contributed by atoms with van der Waals surface area (Å²) in [5.74, 6) is -0.265. The molecule has 2 aliphatic heterocycles. The molecule has 2 bridgehead atoms. The summed E-state index contributed by atoms with van der Waals surface area (Å²) in [5.41, 5.74) is 1.41. The molecule has 0 fully saturated rings. The van der Waals surface area contributed by atoms with Crippen LogP contribution in [-0.4, -0.2) is 25.4 Å². The molecule has 6 nitrogen and oxygen atoms in total. The van der Waals surface area contributed by atoms with Gasteiger partial charge in [-0.2, -0.15) is 13.2 Å². The second-order valence-corrected chi connectivity index (χ2v) is 7.82. The van der Waals surface area contributed by atoms with Gasteiger partial charge in [-0.05, 0) is 55.7 Å². The smallest absolute Gasteiger partial charge is 0.416 e. The van der Waals surface area contributed by atoms with Crippen molar-refractivity contribution in [2.24, 2.45) is 5.16 Å². The van der Waals surface area contributed by atoms with E-state index in [9.17, 15) is 18.0 Å². The van der Waals surface area contributed by atoms with Gasteiger partial charge in [0.2, 0.25) is 0 Å². The van der Waals surface area contributed by atoms with E-state index in [0.29, 0.717) is 22.6 Å². The molecule has 2 aromatic carbocycles. The number of ether oxygens (including phenoxy) is 1. The van der Waals surface area contributed by atoms with E-state index in [0.717, 1.165) is 37.0 Å². The van der Waals surface area contributed by atoms with E-state index in [-0.39, 0.29) is 12.3 Å². The van der Waals surface area contributed by atoms with Crippen LogP contribution in [0.5, 0.6) is 5.75 Å². The number of anilines is 1. The van der Waals surface area contributed by atoms with E-state index in [2.05, 4.69) is 12.1 Å². The van der Waals surface area contributed by atoms with Gasteiger partial charge < -0.3 is 14.4 Å². The molecule has 1 atom stereocenters. The largest absolute Gasteiger partial charge is 0.461 e. The normalized spacial score (nSPS) is 14.2. The molecule has 0 amide bonds. The van der Waals surface area contributed by atoms with Gasteiger partial charge in [0.15, 0.2) is 11.5 Å². The number of oxime groups is 1. The van der Waals surface area contributed by atoms with Crippen molar-refractivity contribution in [2.45, 2.75) is 52.3 Å². The van der Waals surface area contributed by atoms with Crippen LogP contribution in [0.15, 0.2) is 41.6 Å². The molecule has 2 aliphatic rings. The first-order chi connectivity index (χ1) is 15.7. The molecule has 0 aromatic heterocycles. The summed E-state index contributed by atoms with van der Waals surface area (Å²) in [6.07, 6.45) is -1.76. The Balaban J connectivity index is 1.89. The monoisotopic (exact) mass is 464 g/mol. The Morgan fingerprint density at radius 1 is 1.21 bits per heavy atom. The minimum atomic E-state index is -4.44. The molecular weight excluding hydrogens is 437 g/mol. The lowest BCUT2D eigenvalue weighted by atomic mass is 10.00. The zero-order chi connectivity index (χ0) is 24.2. The number of carbonyl (C=O) groups excluding carboxylic acids is 1. The number of hydrogen-bond donors (Lipinski definition) is 0. The molecule has 2 aromatic rings. The fraction of sp³-hybridized carbons (Fsp3) is 0.417. The van der Waals surface area contributed by atoms with E-state index < -0.39 is 23.8 Å². The number of halogens is 3. The third-order valence-electron chi connectivity index (χ3n) is 5.36. The maximum absolute atomic E-state index is 13.2. The van der Waals surface area contributed by atoms with Crippen molar-refractivity contribution in [3.8, 4) is 5.75 Å². The van der Waals surface area contributed by atoms with Crippen molar-refractivity contribution >= 4 is 17.4 Å². The predicted octanol–water partition coefficient (Wildman–Crippen LogP) is 5.97. The Morgan fingerprint density at radius 3 is 2.61 bits per heavy atom. The fourth-order valence-electron chi connectivity index (χ4n) is 3.62. The number of hydroxylamine groups is 1. The summed E-state index contributed by atoms with van der Waals surface area (Å²) in [4.78, 5) is 23.5. The van der Waals surface area contributed by atoms with E-state index >= 15 is 0 Å². The van der Waals surface area contributed by atoms with Crippen molar-refractivity contribution in [1.82, 2.24) is 0 Å². The van der Waals surface area contributed by atoms with Crippen molar-refractivity contribution in [3.05, 3.63) is 58.7 Å². The van der Waals surface area contributed by atoms with Gasteiger partial charge in [0.25, 0.3) is 0 Å². The van der Waals surface area contributed by atoms with Crippen LogP contribution in [0.4, 0.5) is 18.9 Å². The van der Waals surface area contributed by atoms with Crippen LogP contribution in [0.3, 0.4) is 0 Å². The summed E-state index contributed by atoms with van der Waals surface area (Å²) < 4.78 is 44.8. The van der Waals surface area contributed by atoms with Crippen LogP contribution in [0.25, 0.3) is 0 Å². The Kier molecular flexibility index (Phi) is 7.50. The number of aryl methyl sites for hydroxylation is 1. The lowest BCUT2D eigenvalue weighted by molar-refractivity contribution is -0.138. The molecule has 1 unspecified atom stereocenters. The highest BCUT2D eigenvalue weighted by Crippen LogP contribution is 2.41. The maximum Gasteiger partial charge on any atom is 0.416 e. The van der Waals surface area contributed by atoms with Crippen LogP contribution < -0.4 is 9.90 Å². The first-order valence-electron chi connectivity index (χ1n) is 10.7. The zero-order valence-electron chi connectivity index (χ0n) is 19.0. The minimum Gasteiger partial charge on any atom is -0.461 e. The lowest BCUT2D eigenvalue weighted by Gasteiger charge is -2.37. The molecule has 0 saturated heterocycles. The summed E-state index contributed by atoms with van der Waals surface area (Å²) in [6, 6.07) is 8.13. The van der Waals surface area contributed by atoms with Crippen LogP contribution in [-0.2, 0) is 20.5 Å². The molecule has 33 heavy (non-hydrogen) atoms. The van der Waals surface area contributed by atoms with Gasteiger partial charge in [-0.25, -0.2) is 9.86 Å². The highest BCUT2D eigenvalue weighted by molar-refractivity contribution is 6.44. The third kappa shape index (κ3) is 5.40. The predicted molar refractivity (Wildman–Crippen MR) is 118 cm³/mol. The number of nitrogens with zero attached hydrogens (tertiary/aromatic N) is 2. The molecule has 0 radical (unpaired) electrons.